The summed E-state index contributed by atoms with van der Waals surface area (Å²) in [7, 11) is -3.87. The average molecular weight is 436 g/mol. The molecule has 2 aromatic rings. The van der Waals surface area contributed by atoms with Crippen molar-refractivity contribution >= 4 is 39.1 Å². The number of carbonyl (C=O) groups excluding carboxylic acids is 2. The zero-order valence-electron chi connectivity index (χ0n) is 15.3. The van der Waals surface area contributed by atoms with Crippen LogP contribution in [0.4, 0.5) is 5.69 Å². The molecule has 0 bridgehead atoms. The lowest BCUT2D eigenvalue weighted by atomic mass is 10.2. The maximum atomic E-state index is 13.0. The highest BCUT2D eigenvalue weighted by Gasteiger charge is 2.33. The first-order valence-corrected chi connectivity index (χ1v) is 10.7. The molecule has 4 rings (SSSR count). The maximum absolute atomic E-state index is 13.0. The number of nitrogens with zero attached hydrogens (tertiary/aromatic N) is 2. The van der Waals surface area contributed by atoms with Crippen LogP contribution in [0.15, 0.2) is 47.4 Å². The van der Waals surface area contributed by atoms with Crippen LogP contribution in [0.1, 0.15) is 5.56 Å². The molecule has 1 fully saturated rings. The molecular weight excluding hydrogens is 418 g/mol. The quantitative estimate of drug-likeness (QED) is 0.788. The molecule has 2 heterocycles. The van der Waals surface area contributed by atoms with Crippen LogP contribution in [0, 0.1) is 0 Å². The Morgan fingerprint density at radius 3 is 2.69 bits per heavy atom. The average Bonchev–Trinajstić information content (AvgIpc) is 2.69. The van der Waals surface area contributed by atoms with E-state index in [-0.39, 0.29) is 48.7 Å². The molecular formula is C19H18ClN3O5S. The van der Waals surface area contributed by atoms with Crippen molar-refractivity contribution in [2.24, 2.45) is 0 Å². The van der Waals surface area contributed by atoms with Crippen molar-refractivity contribution < 1.29 is 22.7 Å². The lowest BCUT2D eigenvalue weighted by molar-refractivity contribution is -0.134. The van der Waals surface area contributed by atoms with Gasteiger partial charge in [-0.3, -0.25) is 9.59 Å². The highest BCUT2D eigenvalue weighted by Crippen LogP contribution is 2.31. The molecule has 0 radical (unpaired) electrons. The highest BCUT2D eigenvalue weighted by molar-refractivity contribution is 7.89. The first kappa shape index (κ1) is 19.7. The smallest absolute Gasteiger partial charge is 0.262 e. The summed E-state index contributed by atoms with van der Waals surface area (Å²) in [5.41, 5.74) is 1.30. The van der Waals surface area contributed by atoms with E-state index < -0.39 is 10.0 Å². The van der Waals surface area contributed by atoms with Crippen LogP contribution in [0.5, 0.6) is 5.75 Å². The minimum Gasteiger partial charge on any atom is -0.482 e. The van der Waals surface area contributed by atoms with Crippen LogP contribution in [0.2, 0.25) is 5.02 Å². The van der Waals surface area contributed by atoms with Crippen molar-refractivity contribution in [2.75, 3.05) is 31.6 Å². The number of hydrogen-bond acceptors (Lipinski definition) is 5. The van der Waals surface area contributed by atoms with Gasteiger partial charge < -0.3 is 15.0 Å². The lowest BCUT2D eigenvalue weighted by Gasteiger charge is -2.33. The number of nitrogens with one attached hydrogen (secondary N) is 1. The topological polar surface area (TPSA) is 96.0 Å². The van der Waals surface area contributed by atoms with Crippen LogP contribution >= 0.6 is 11.6 Å². The van der Waals surface area contributed by atoms with Gasteiger partial charge in [0.15, 0.2) is 6.61 Å². The maximum Gasteiger partial charge on any atom is 0.262 e. The zero-order chi connectivity index (χ0) is 20.6. The van der Waals surface area contributed by atoms with Gasteiger partial charge in [0.05, 0.1) is 17.1 Å². The third-order valence-electron chi connectivity index (χ3n) is 4.77. The summed E-state index contributed by atoms with van der Waals surface area (Å²) in [4.78, 5) is 25.5. The predicted molar refractivity (Wildman–Crippen MR) is 106 cm³/mol. The van der Waals surface area contributed by atoms with Crippen molar-refractivity contribution in [3.8, 4) is 5.75 Å². The van der Waals surface area contributed by atoms with Crippen LogP contribution < -0.4 is 10.1 Å². The SMILES string of the molecule is O=C1COc2cc(S(=O)(=O)N3CCN(Cc4cccc(Cl)c4)C(=O)C3)ccc2N1. The van der Waals surface area contributed by atoms with Crippen molar-refractivity contribution in [1.29, 1.82) is 0 Å². The molecule has 0 atom stereocenters. The molecule has 29 heavy (non-hydrogen) atoms. The number of amides is 2. The van der Waals surface area contributed by atoms with Gasteiger partial charge in [-0.05, 0) is 29.8 Å². The second-order valence-electron chi connectivity index (χ2n) is 6.78. The Hall–Kier alpha value is -2.62. The lowest BCUT2D eigenvalue weighted by Crippen LogP contribution is -2.51. The Labute approximate surface area is 173 Å². The molecule has 0 aromatic heterocycles. The molecule has 0 unspecified atom stereocenters. The molecule has 0 spiro atoms. The van der Waals surface area contributed by atoms with Crippen LogP contribution in [0.25, 0.3) is 0 Å². The largest absolute Gasteiger partial charge is 0.482 e. The molecule has 10 heteroatoms. The fourth-order valence-corrected chi connectivity index (χ4v) is 4.89. The standard InChI is InChI=1S/C19H18ClN3O5S/c20-14-3-1-2-13(8-14)10-22-6-7-23(11-19(22)25)29(26,27)15-4-5-16-17(9-15)28-12-18(24)21-16/h1-5,8-9H,6-7,10-12H2,(H,21,24). The Morgan fingerprint density at radius 1 is 1.10 bits per heavy atom. The van der Waals surface area contributed by atoms with E-state index in [9.17, 15) is 18.0 Å². The van der Waals surface area contributed by atoms with Crippen molar-refractivity contribution in [2.45, 2.75) is 11.4 Å². The van der Waals surface area contributed by atoms with E-state index in [1.165, 1.54) is 18.2 Å². The molecule has 2 aliphatic heterocycles. The normalized spacial score (nSPS) is 17.5. The number of hydrogen-bond donors (Lipinski definition) is 1. The van der Waals surface area contributed by atoms with Crippen molar-refractivity contribution in [3.63, 3.8) is 0 Å². The monoisotopic (exact) mass is 435 g/mol. The number of anilines is 1. The van der Waals surface area contributed by atoms with E-state index in [0.717, 1.165) is 9.87 Å². The number of ether oxygens (including phenoxy) is 1. The first-order chi connectivity index (χ1) is 13.8. The van der Waals surface area contributed by atoms with Crippen molar-refractivity contribution in [3.05, 3.63) is 53.1 Å². The Morgan fingerprint density at radius 2 is 1.93 bits per heavy atom. The summed E-state index contributed by atoms with van der Waals surface area (Å²) in [6, 6.07) is 11.5. The second-order valence-corrected chi connectivity index (χ2v) is 9.15. The van der Waals surface area contributed by atoms with Gasteiger partial charge in [0.1, 0.15) is 5.75 Å². The molecule has 152 valence electrons. The second kappa shape index (κ2) is 7.66. The summed E-state index contributed by atoms with van der Waals surface area (Å²) in [6.45, 7) is 0.430. The fourth-order valence-electron chi connectivity index (χ4n) is 3.28. The fraction of sp³-hybridized carbons (Fsp3) is 0.263. The van der Waals surface area contributed by atoms with Crippen LogP contribution in [0.3, 0.4) is 0 Å². The number of piperazine rings is 1. The molecule has 0 saturated carbocycles. The Balaban J connectivity index is 1.48. The summed E-state index contributed by atoms with van der Waals surface area (Å²) in [5.74, 6) is -0.285. The summed E-state index contributed by atoms with van der Waals surface area (Å²) in [6.07, 6.45) is 0. The molecule has 2 aromatic carbocycles. The molecule has 1 N–H and O–H groups in total. The summed E-state index contributed by atoms with van der Waals surface area (Å²) in [5, 5.41) is 3.20. The van der Waals surface area contributed by atoms with Gasteiger partial charge in [-0.25, -0.2) is 8.42 Å². The van der Waals surface area contributed by atoms with E-state index in [2.05, 4.69) is 5.32 Å². The van der Waals surface area contributed by atoms with Gasteiger partial charge in [-0.15, -0.1) is 0 Å². The number of benzene rings is 2. The number of sulfonamides is 1. The molecule has 1 saturated heterocycles. The first-order valence-electron chi connectivity index (χ1n) is 8.92. The van der Waals surface area contributed by atoms with Gasteiger partial charge in [0.2, 0.25) is 15.9 Å². The van der Waals surface area contributed by atoms with Gasteiger partial charge in [0.25, 0.3) is 5.91 Å². The van der Waals surface area contributed by atoms with Gasteiger partial charge >= 0.3 is 0 Å². The summed E-state index contributed by atoms with van der Waals surface area (Å²) < 4.78 is 32.4. The molecule has 2 amide bonds. The molecule has 2 aliphatic rings. The summed E-state index contributed by atoms with van der Waals surface area (Å²) >= 11 is 5.98. The molecule has 0 aliphatic carbocycles. The van der Waals surface area contributed by atoms with E-state index in [1.54, 1.807) is 17.0 Å². The van der Waals surface area contributed by atoms with Gasteiger partial charge in [-0.2, -0.15) is 4.31 Å². The third-order valence-corrected chi connectivity index (χ3v) is 6.85. The van der Waals surface area contributed by atoms with E-state index >= 15 is 0 Å². The number of halogens is 1. The number of fused-ring (bicyclic) bond motifs is 1. The number of carbonyl (C=O) groups is 2. The molecule has 8 nitrogen and oxygen atoms in total. The van der Waals surface area contributed by atoms with E-state index in [4.69, 9.17) is 16.3 Å². The highest BCUT2D eigenvalue weighted by atomic mass is 35.5. The third kappa shape index (κ3) is 4.07. The van der Waals surface area contributed by atoms with Gasteiger partial charge in [0, 0.05) is 30.7 Å². The Bertz CT molecular complexity index is 1090. The minimum absolute atomic E-state index is 0.0171. The van der Waals surface area contributed by atoms with Gasteiger partial charge in [-0.1, -0.05) is 23.7 Å². The predicted octanol–water partition coefficient (Wildman–Crippen LogP) is 1.70. The van der Waals surface area contributed by atoms with Crippen LogP contribution in [-0.4, -0.2) is 55.7 Å². The van der Waals surface area contributed by atoms with E-state index in [1.807, 2.05) is 12.1 Å². The van der Waals surface area contributed by atoms with Crippen molar-refractivity contribution in [1.82, 2.24) is 9.21 Å². The zero-order valence-corrected chi connectivity index (χ0v) is 16.9. The number of rotatable bonds is 4. The minimum atomic E-state index is -3.87. The Kier molecular flexibility index (Phi) is 5.20. The van der Waals surface area contributed by atoms with Crippen LogP contribution in [-0.2, 0) is 26.2 Å². The van der Waals surface area contributed by atoms with E-state index in [0.29, 0.717) is 17.3 Å².